The van der Waals surface area contributed by atoms with Crippen molar-refractivity contribution in [2.75, 3.05) is 6.54 Å². The van der Waals surface area contributed by atoms with Crippen molar-refractivity contribution in [2.45, 2.75) is 32.7 Å². The number of aliphatic carboxylic acids is 1. The van der Waals surface area contributed by atoms with Gasteiger partial charge in [0.2, 0.25) is 0 Å². The quantitative estimate of drug-likeness (QED) is 0.722. The molecule has 1 aromatic rings. The van der Waals surface area contributed by atoms with E-state index in [9.17, 15) is 9.59 Å². The zero-order valence-electron chi connectivity index (χ0n) is 11.5. The first-order valence-electron chi connectivity index (χ1n) is 6.46. The Labute approximate surface area is 127 Å². The molecule has 0 saturated carbocycles. The molecule has 1 rings (SSSR count). The molecular weight excluding hydrogens is 300 g/mol. The van der Waals surface area contributed by atoms with Crippen molar-refractivity contribution in [3.8, 4) is 0 Å². The van der Waals surface area contributed by atoms with Crippen molar-refractivity contribution < 1.29 is 14.7 Å². The molecule has 0 bridgehead atoms. The van der Waals surface area contributed by atoms with Crippen molar-refractivity contribution >= 4 is 34.9 Å². The van der Waals surface area contributed by atoms with E-state index in [-0.39, 0.29) is 18.6 Å². The highest BCUT2D eigenvalue weighted by Gasteiger charge is 2.18. The minimum absolute atomic E-state index is 0.132. The third kappa shape index (κ3) is 5.38. The van der Waals surface area contributed by atoms with Crippen LogP contribution < -0.4 is 10.6 Å². The normalized spacial score (nSPS) is 13.6. The third-order valence-electron chi connectivity index (χ3n) is 2.86. The first-order valence-corrected chi connectivity index (χ1v) is 7.65. The molecule has 0 aliphatic heterocycles. The number of carbonyl (C=O) groups excluding carboxylic acids is 1. The summed E-state index contributed by atoms with van der Waals surface area (Å²) < 4.78 is 0.669. The number of carboxylic acid groups (broad SMARTS) is 1. The second-order valence-corrected chi connectivity index (χ2v) is 6.29. The Morgan fingerprint density at radius 3 is 2.65 bits per heavy atom. The molecule has 0 aliphatic rings. The van der Waals surface area contributed by atoms with Gasteiger partial charge in [-0.15, -0.1) is 11.3 Å². The maximum absolute atomic E-state index is 11.7. The number of urea groups is 1. The molecule has 0 fully saturated rings. The first-order chi connectivity index (χ1) is 9.43. The van der Waals surface area contributed by atoms with Gasteiger partial charge in [-0.05, 0) is 25.5 Å². The molecular formula is C13H19ClN2O3S. The fourth-order valence-corrected chi connectivity index (χ4v) is 2.82. The maximum atomic E-state index is 11.7. The van der Waals surface area contributed by atoms with Crippen molar-refractivity contribution in [2.24, 2.45) is 5.92 Å². The molecule has 1 heterocycles. The lowest BCUT2D eigenvalue weighted by molar-refractivity contribution is -0.141. The second-order valence-electron chi connectivity index (χ2n) is 4.54. The second kappa shape index (κ2) is 8.11. The minimum Gasteiger partial charge on any atom is -0.481 e. The number of carbonyl (C=O) groups is 2. The summed E-state index contributed by atoms with van der Waals surface area (Å²) in [4.78, 5) is 23.6. The van der Waals surface area contributed by atoms with Gasteiger partial charge in [-0.1, -0.05) is 24.9 Å². The summed E-state index contributed by atoms with van der Waals surface area (Å²) in [5, 5.41) is 14.3. The predicted octanol–water partition coefficient (Wildman–Crippen LogP) is 3.26. The van der Waals surface area contributed by atoms with Crippen molar-refractivity contribution in [1.82, 2.24) is 10.6 Å². The summed E-state index contributed by atoms with van der Waals surface area (Å²) in [6.07, 6.45) is 1.32. The molecule has 5 nitrogen and oxygen atoms in total. The molecule has 3 N–H and O–H groups in total. The van der Waals surface area contributed by atoms with Crippen molar-refractivity contribution in [3.63, 3.8) is 0 Å². The van der Waals surface area contributed by atoms with Crippen LogP contribution in [-0.2, 0) is 4.79 Å². The summed E-state index contributed by atoms with van der Waals surface area (Å²) in [5.41, 5.74) is 0. The number of nitrogens with one attached hydrogen (secondary N) is 2. The van der Waals surface area contributed by atoms with Gasteiger partial charge in [-0.3, -0.25) is 4.79 Å². The lowest BCUT2D eigenvalue weighted by Gasteiger charge is -2.16. The van der Waals surface area contributed by atoms with Crippen molar-refractivity contribution in [1.29, 1.82) is 0 Å². The predicted molar refractivity (Wildman–Crippen MR) is 80.3 cm³/mol. The Balaban J connectivity index is 2.41. The van der Waals surface area contributed by atoms with Crippen LogP contribution in [0.5, 0.6) is 0 Å². The van der Waals surface area contributed by atoms with Gasteiger partial charge in [-0.25, -0.2) is 4.79 Å². The molecule has 0 aliphatic carbocycles. The maximum Gasteiger partial charge on any atom is 0.315 e. The van der Waals surface area contributed by atoms with Gasteiger partial charge in [-0.2, -0.15) is 0 Å². The molecule has 0 spiro atoms. The SMILES string of the molecule is CCCC(CNC(=O)NC(C)c1ccc(Cl)s1)C(=O)O. The van der Waals surface area contributed by atoms with E-state index < -0.39 is 11.9 Å². The average Bonchev–Trinajstić information content (AvgIpc) is 2.80. The molecule has 0 aromatic carbocycles. The van der Waals surface area contributed by atoms with Crippen LogP contribution in [0.3, 0.4) is 0 Å². The Morgan fingerprint density at radius 1 is 1.45 bits per heavy atom. The van der Waals surface area contributed by atoms with Crippen LogP contribution in [0.2, 0.25) is 4.34 Å². The molecule has 2 unspecified atom stereocenters. The van der Waals surface area contributed by atoms with Crippen LogP contribution in [-0.4, -0.2) is 23.7 Å². The van der Waals surface area contributed by atoms with E-state index in [0.717, 1.165) is 11.3 Å². The van der Waals surface area contributed by atoms with E-state index in [2.05, 4.69) is 10.6 Å². The Bertz CT molecular complexity index is 464. The van der Waals surface area contributed by atoms with Gasteiger partial charge in [0.05, 0.1) is 16.3 Å². The zero-order chi connectivity index (χ0) is 15.1. The van der Waals surface area contributed by atoms with Crippen LogP contribution in [0.4, 0.5) is 4.79 Å². The molecule has 112 valence electrons. The number of amides is 2. The standard InChI is InChI=1S/C13H19ClN2O3S/c1-3-4-9(12(17)18)7-15-13(19)16-8(2)10-5-6-11(14)20-10/h5-6,8-9H,3-4,7H2,1-2H3,(H,17,18)(H2,15,16,19). The highest BCUT2D eigenvalue weighted by Crippen LogP contribution is 2.26. The summed E-state index contributed by atoms with van der Waals surface area (Å²) in [5.74, 6) is -1.43. The lowest BCUT2D eigenvalue weighted by atomic mass is 10.0. The molecule has 2 amide bonds. The summed E-state index contributed by atoms with van der Waals surface area (Å²) >= 11 is 7.24. The average molecular weight is 319 g/mol. The Kier molecular flexibility index (Phi) is 6.81. The third-order valence-corrected chi connectivity index (χ3v) is 4.28. The Morgan fingerprint density at radius 2 is 2.15 bits per heavy atom. The number of halogens is 1. The molecule has 20 heavy (non-hydrogen) atoms. The highest BCUT2D eigenvalue weighted by molar-refractivity contribution is 7.16. The van der Waals surface area contributed by atoms with Gasteiger partial charge in [0, 0.05) is 11.4 Å². The van der Waals surface area contributed by atoms with Gasteiger partial charge >= 0.3 is 12.0 Å². The topological polar surface area (TPSA) is 78.4 Å². The van der Waals surface area contributed by atoms with Gasteiger partial charge in [0.25, 0.3) is 0 Å². The van der Waals surface area contributed by atoms with Gasteiger partial charge < -0.3 is 15.7 Å². The van der Waals surface area contributed by atoms with E-state index in [1.54, 1.807) is 6.07 Å². The van der Waals surface area contributed by atoms with E-state index >= 15 is 0 Å². The Hall–Kier alpha value is -1.27. The van der Waals surface area contributed by atoms with Crippen LogP contribution in [0.25, 0.3) is 0 Å². The van der Waals surface area contributed by atoms with E-state index in [1.165, 1.54) is 11.3 Å². The smallest absolute Gasteiger partial charge is 0.315 e. The molecule has 7 heteroatoms. The lowest BCUT2D eigenvalue weighted by Crippen LogP contribution is -2.40. The summed E-state index contributed by atoms with van der Waals surface area (Å²) in [7, 11) is 0. The largest absolute Gasteiger partial charge is 0.481 e. The van der Waals surface area contributed by atoms with E-state index in [1.807, 2.05) is 19.9 Å². The van der Waals surface area contributed by atoms with Gasteiger partial charge in [0.1, 0.15) is 0 Å². The van der Waals surface area contributed by atoms with Crippen LogP contribution in [0, 0.1) is 5.92 Å². The van der Waals surface area contributed by atoms with Crippen LogP contribution >= 0.6 is 22.9 Å². The van der Waals surface area contributed by atoms with E-state index in [4.69, 9.17) is 16.7 Å². The molecule has 1 aromatic heterocycles. The minimum atomic E-state index is -0.884. The molecule has 0 saturated heterocycles. The fraction of sp³-hybridized carbons (Fsp3) is 0.538. The number of hydrogen-bond donors (Lipinski definition) is 3. The fourth-order valence-electron chi connectivity index (χ4n) is 1.76. The number of thiophene rings is 1. The monoisotopic (exact) mass is 318 g/mol. The van der Waals surface area contributed by atoms with Crippen LogP contribution in [0.1, 0.15) is 37.6 Å². The molecule has 2 atom stereocenters. The first kappa shape index (κ1) is 16.8. The summed E-state index contributed by atoms with van der Waals surface area (Å²) in [6.45, 7) is 3.90. The van der Waals surface area contributed by atoms with Crippen LogP contribution in [0.15, 0.2) is 12.1 Å². The molecule has 0 radical (unpaired) electrons. The van der Waals surface area contributed by atoms with Gasteiger partial charge in [0.15, 0.2) is 0 Å². The van der Waals surface area contributed by atoms with E-state index in [0.29, 0.717) is 10.8 Å². The van der Waals surface area contributed by atoms with Crippen molar-refractivity contribution in [3.05, 3.63) is 21.3 Å². The zero-order valence-corrected chi connectivity index (χ0v) is 13.1. The number of hydrogen-bond acceptors (Lipinski definition) is 3. The number of carboxylic acids is 1. The number of rotatable bonds is 7. The summed E-state index contributed by atoms with van der Waals surface area (Å²) in [6, 6.07) is 3.10. The highest BCUT2D eigenvalue weighted by atomic mass is 35.5.